The summed E-state index contributed by atoms with van der Waals surface area (Å²) in [6, 6.07) is 25.7. The Bertz CT molecular complexity index is 888. The molecule has 1 aliphatic rings. The summed E-state index contributed by atoms with van der Waals surface area (Å²) in [5, 5.41) is 9.73. The van der Waals surface area contributed by atoms with Gasteiger partial charge in [-0.3, -0.25) is 9.91 Å². The number of nitrogens with zero attached hydrogens (tertiary/aromatic N) is 3. The first kappa shape index (κ1) is 16.8. The summed E-state index contributed by atoms with van der Waals surface area (Å²) < 4.78 is 0. The van der Waals surface area contributed by atoms with Gasteiger partial charge < -0.3 is 0 Å². The van der Waals surface area contributed by atoms with Crippen LogP contribution in [0, 0.1) is 0 Å². The van der Waals surface area contributed by atoms with Crippen molar-refractivity contribution in [2.75, 3.05) is 26.2 Å². The second-order valence-corrected chi connectivity index (χ2v) is 6.92. The van der Waals surface area contributed by atoms with Crippen molar-refractivity contribution in [2.45, 2.75) is 13.5 Å². The number of hydrazone groups is 1. The SMILES string of the molecule is C/C(=N/N1CCN(Cc2cccc3ccccc23)CC1)c1ccccc1. The highest BCUT2D eigenvalue weighted by molar-refractivity contribution is 5.98. The highest BCUT2D eigenvalue weighted by Gasteiger charge is 2.16. The lowest BCUT2D eigenvalue weighted by atomic mass is 10.0. The van der Waals surface area contributed by atoms with E-state index in [-0.39, 0.29) is 0 Å². The number of benzene rings is 3. The maximum atomic E-state index is 4.82. The van der Waals surface area contributed by atoms with Crippen LogP contribution in [0.1, 0.15) is 18.1 Å². The van der Waals surface area contributed by atoms with Gasteiger partial charge >= 0.3 is 0 Å². The van der Waals surface area contributed by atoms with E-state index in [1.54, 1.807) is 0 Å². The maximum Gasteiger partial charge on any atom is 0.0646 e. The monoisotopic (exact) mass is 343 g/mol. The molecule has 3 aromatic rings. The Morgan fingerprint density at radius 2 is 1.50 bits per heavy atom. The Balaban J connectivity index is 1.39. The molecule has 4 rings (SSSR count). The Labute approximate surface area is 155 Å². The minimum absolute atomic E-state index is 0.981. The number of rotatable bonds is 4. The minimum atomic E-state index is 0.981. The summed E-state index contributed by atoms with van der Waals surface area (Å²) in [4.78, 5) is 2.53. The minimum Gasteiger partial charge on any atom is -0.295 e. The molecule has 26 heavy (non-hydrogen) atoms. The molecule has 0 saturated carbocycles. The molecular weight excluding hydrogens is 318 g/mol. The van der Waals surface area contributed by atoms with E-state index in [0.717, 1.165) is 38.4 Å². The second-order valence-electron chi connectivity index (χ2n) is 6.92. The third-order valence-electron chi connectivity index (χ3n) is 5.11. The summed E-state index contributed by atoms with van der Waals surface area (Å²) >= 11 is 0. The van der Waals surface area contributed by atoms with Crippen LogP contribution in [0.25, 0.3) is 10.8 Å². The fourth-order valence-electron chi connectivity index (χ4n) is 3.62. The lowest BCUT2D eigenvalue weighted by Gasteiger charge is -2.33. The molecule has 1 saturated heterocycles. The van der Waals surface area contributed by atoms with Crippen molar-refractivity contribution in [3.8, 4) is 0 Å². The Morgan fingerprint density at radius 1 is 0.808 bits per heavy atom. The highest BCUT2D eigenvalue weighted by atomic mass is 15.5. The van der Waals surface area contributed by atoms with Crippen molar-refractivity contribution < 1.29 is 0 Å². The fraction of sp³-hybridized carbons (Fsp3) is 0.261. The second kappa shape index (κ2) is 7.71. The number of fused-ring (bicyclic) bond motifs is 1. The van der Waals surface area contributed by atoms with Gasteiger partial charge in [0.15, 0.2) is 0 Å². The van der Waals surface area contributed by atoms with Crippen LogP contribution in [0.15, 0.2) is 77.9 Å². The lowest BCUT2D eigenvalue weighted by Crippen LogP contribution is -2.43. The van der Waals surface area contributed by atoms with Gasteiger partial charge in [0.1, 0.15) is 0 Å². The van der Waals surface area contributed by atoms with Gasteiger partial charge in [0.2, 0.25) is 0 Å². The van der Waals surface area contributed by atoms with Gasteiger partial charge in [0.05, 0.1) is 5.71 Å². The third-order valence-corrected chi connectivity index (χ3v) is 5.11. The molecule has 3 aromatic carbocycles. The van der Waals surface area contributed by atoms with Gasteiger partial charge in [-0.2, -0.15) is 5.10 Å². The van der Waals surface area contributed by atoms with Crippen molar-refractivity contribution in [1.29, 1.82) is 0 Å². The molecule has 3 nitrogen and oxygen atoms in total. The van der Waals surface area contributed by atoms with Gasteiger partial charge in [0, 0.05) is 32.7 Å². The normalized spacial score (nSPS) is 16.2. The largest absolute Gasteiger partial charge is 0.295 e. The zero-order valence-electron chi connectivity index (χ0n) is 15.3. The Morgan fingerprint density at radius 3 is 2.31 bits per heavy atom. The summed E-state index contributed by atoms with van der Waals surface area (Å²) in [6.45, 7) is 7.17. The Hall–Kier alpha value is -2.65. The molecule has 1 fully saturated rings. The topological polar surface area (TPSA) is 18.8 Å². The van der Waals surface area contributed by atoms with Crippen molar-refractivity contribution in [2.24, 2.45) is 5.10 Å². The van der Waals surface area contributed by atoms with E-state index in [4.69, 9.17) is 5.10 Å². The van der Waals surface area contributed by atoms with Crippen molar-refractivity contribution in [1.82, 2.24) is 9.91 Å². The molecule has 0 spiro atoms. The van der Waals surface area contributed by atoms with Crippen LogP contribution in [-0.2, 0) is 6.54 Å². The van der Waals surface area contributed by atoms with Gasteiger partial charge in [-0.15, -0.1) is 0 Å². The average molecular weight is 343 g/mol. The highest BCUT2D eigenvalue weighted by Crippen LogP contribution is 2.20. The molecular formula is C23H25N3. The quantitative estimate of drug-likeness (QED) is 0.655. The smallest absolute Gasteiger partial charge is 0.0646 e. The molecule has 0 bridgehead atoms. The summed E-state index contributed by atoms with van der Waals surface area (Å²) in [7, 11) is 0. The first-order chi connectivity index (χ1) is 12.8. The van der Waals surface area contributed by atoms with E-state index in [1.165, 1.54) is 21.9 Å². The van der Waals surface area contributed by atoms with E-state index in [1.807, 2.05) is 6.07 Å². The van der Waals surface area contributed by atoms with E-state index in [9.17, 15) is 0 Å². The number of piperazine rings is 1. The average Bonchev–Trinajstić information content (AvgIpc) is 2.70. The van der Waals surface area contributed by atoms with Crippen molar-refractivity contribution in [3.05, 3.63) is 83.9 Å². The summed E-state index contributed by atoms with van der Waals surface area (Å²) in [5.41, 5.74) is 3.71. The molecule has 0 aliphatic carbocycles. The molecule has 0 aromatic heterocycles. The predicted octanol–water partition coefficient (Wildman–Crippen LogP) is 4.38. The molecule has 0 radical (unpaired) electrons. The fourth-order valence-corrected chi connectivity index (χ4v) is 3.62. The van der Waals surface area contributed by atoms with E-state index in [2.05, 4.69) is 83.6 Å². The van der Waals surface area contributed by atoms with Crippen LogP contribution < -0.4 is 0 Å². The van der Waals surface area contributed by atoms with E-state index < -0.39 is 0 Å². The summed E-state index contributed by atoms with van der Waals surface area (Å²) in [5.74, 6) is 0. The molecule has 0 amide bonds. The van der Waals surface area contributed by atoms with Crippen molar-refractivity contribution >= 4 is 16.5 Å². The van der Waals surface area contributed by atoms with E-state index in [0.29, 0.717) is 0 Å². The molecule has 3 heteroatoms. The third kappa shape index (κ3) is 3.78. The van der Waals surface area contributed by atoms with Crippen LogP contribution in [0.2, 0.25) is 0 Å². The zero-order valence-corrected chi connectivity index (χ0v) is 15.3. The molecule has 1 heterocycles. The molecule has 1 aliphatic heterocycles. The van der Waals surface area contributed by atoms with Crippen molar-refractivity contribution in [3.63, 3.8) is 0 Å². The van der Waals surface area contributed by atoms with Crippen LogP contribution in [-0.4, -0.2) is 41.8 Å². The molecule has 0 atom stereocenters. The molecule has 0 unspecified atom stereocenters. The van der Waals surface area contributed by atoms with Gasteiger partial charge in [-0.05, 0) is 28.8 Å². The maximum absolute atomic E-state index is 4.82. The van der Waals surface area contributed by atoms with E-state index >= 15 is 0 Å². The van der Waals surface area contributed by atoms with Crippen LogP contribution in [0.4, 0.5) is 0 Å². The van der Waals surface area contributed by atoms with Crippen LogP contribution in [0.3, 0.4) is 0 Å². The van der Waals surface area contributed by atoms with Gasteiger partial charge in [-0.1, -0.05) is 72.8 Å². The lowest BCUT2D eigenvalue weighted by molar-refractivity contribution is 0.131. The first-order valence-corrected chi connectivity index (χ1v) is 9.34. The first-order valence-electron chi connectivity index (χ1n) is 9.34. The van der Waals surface area contributed by atoms with Gasteiger partial charge in [-0.25, -0.2) is 0 Å². The van der Waals surface area contributed by atoms with Gasteiger partial charge in [0.25, 0.3) is 0 Å². The summed E-state index contributed by atoms with van der Waals surface area (Å²) in [6.07, 6.45) is 0. The number of hydrogen-bond donors (Lipinski definition) is 0. The van der Waals surface area contributed by atoms with Crippen LogP contribution >= 0.6 is 0 Å². The predicted molar refractivity (Wildman–Crippen MR) is 109 cm³/mol. The number of hydrogen-bond acceptors (Lipinski definition) is 3. The Kier molecular flexibility index (Phi) is 4.98. The molecule has 132 valence electrons. The standard InChI is InChI=1S/C23H25N3/c1-19(20-8-3-2-4-9-20)24-26-16-14-25(15-17-26)18-22-12-7-11-21-10-5-6-13-23(21)22/h2-13H,14-18H2,1H3/b24-19-. The zero-order chi connectivity index (χ0) is 17.8. The molecule has 0 N–H and O–H groups in total. The van der Waals surface area contributed by atoms with Crippen LogP contribution in [0.5, 0.6) is 0 Å².